The van der Waals surface area contributed by atoms with Gasteiger partial charge in [0.05, 0.1) is 5.69 Å². The van der Waals surface area contributed by atoms with Gasteiger partial charge in [-0.25, -0.2) is 14.3 Å². The van der Waals surface area contributed by atoms with Gasteiger partial charge in [0, 0.05) is 50.3 Å². The molecule has 1 aliphatic rings. The van der Waals surface area contributed by atoms with Gasteiger partial charge in [-0.05, 0) is 67.5 Å². The van der Waals surface area contributed by atoms with Gasteiger partial charge in [0.25, 0.3) is 5.56 Å². The highest BCUT2D eigenvalue weighted by molar-refractivity contribution is 5.79. The summed E-state index contributed by atoms with van der Waals surface area (Å²) in [5, 5.41) is 3.79. The maximum absolute atomic E-state index is 13.1. The molecular weight excluding hydrogens is 466 g/mol. The molecule has 1 aromatic carbocycles. The lowest BCUT2D eigenvalue weighted by Crippen LogP contribution is -2.33. The highest BCUT2D eigenvalue weighted by Crippen LogP contribution is 2.30. The van der Waals surface area contributed by atoms with Crippen LogP contribution < -0.4 is 10.9 Å². The molecule has 3 heterocycles. The summed E-state index contributed by atoms with van der Waals surface area (Å²) in [5.41, 5.74) is 5.54. The molecule has 1 N–H and O–H groups in total. The number of hydrogen-bond acceptors (Lipinski definition) is 6. The van der Waals surface area contributed by atoms with E-state index in [0.29, 0.717) is 23.5 Å². The van der Waals surface area contributed by atoms with Gasteiger partial charge >= 0.3 is 0 Å². The molecule has 1 amide bonds. The monoisotopic (exact) mass is 499 g/mol. The van der Waals surface area contributed by atoms with Crippen molar-refractivity contribution in [1.82, 2.24) is 29.2 Å². The fourth-order valence-corrected chi connectivity index (χ4v) is 5.06. The van der Waals surface area contributed by atoms with Gasteiger partial charge in [0.2, 0.25) is 11.9 Å². The van der Waals surface area contributed by atoms with Crippen LogP contribution in [-0.4, -0.2) is 49.2 Å². The Morgan fingerprint density at radius 1 is 1.16 bits per heavy atom. The van der Waals surface area contributed by atoms with Crippen LogP contribution >= 0.6 is 0 Å². The number of amides is 1. The van der Waals surface area contributed by atoms with Crippen LogP contribution in [0.4, 0.5) is 11.6 Å². The number of hydrogen-bond donors (Lipinski definition) is 1. The van der Waals surface area contributed by atoms with E-state index in [1.54, 1.807) is 22.0 Å². The van der Waals surface area contributed by atoms with Crippen LogP contribution in [0.1, 0.15) is 49.9 Å². The Hall–Kier alpha value is -4.01. The van der Waals surface area contributed by atoms with Crippen molar-refractivity contribution >= 4 is 28.6 Å². The third-order valence-electron chi connectivity index (χ3n) is 7.06. The maximum atomic E-state index is 13.1. The summed E-state index contributed by atoms with van der Waals surface area (Å²) in [5.74, 6) is 0.907. The highest BCUT2D eigenvalue weighted by atomic mass is 16.2. The Bertz CT molecular complexity index is 1530. The third kappa shape index (κ3) is 4.61. The van der Waals surface area contributed by atoms with Crippen molar-refractivity contribution in [3.63, 3.8) is 0 Å². The zero-order valence-corrected chi connectivity index (χ0v) is 22.0. The Morgan fingerprint density at radius 2 is 1.97 bits per heavy atom. The molecule has 0 spiro atoms. The smallest absolute Gasteiger partial charge is 0.278 e. The fourth-order valence-electron chi connectivity index (χ4n) is 5.06. The average Bonchev–Trinajstić information content (AvgIpc) is 3.18. The van der Waals surface area contributed by atoms with Gasteiger partial charge in [-0.2, -0.15) is 4.98 Å². The number of pyridine rings is 1. The molecule has 5 rings (SSSR count). The zero-order valence-electron chi connectivity index (χ0n) is 22.0. The Kier molecular flexibility index (Phi) is 6.54. The molecule has 0 bridgehead atoms. The zero-order chi connectivity index (χ0) is 26.3. The van der Waals surface area contributed by atoms with E-state index in [-0.39, 0.29) is 23.3 Å². The lowest BCUT2D eigenvalue weighted by Gasteiger charge is -2.26. The van der Waals surface area contributed by atoms with Crippen molar-refractivity contribution in [2.45, 2.75) is 52.5 Å². The second kappa shape index (κ2) is 9.80. The van der Waals surface area contributed by atoms with Gasteiger partial charge in [-0.15, -0.1) is 0 Å². The first-order valence-corrected chi connectivity index (χ1v) is 12.8. The highest BCUT2D eigenvalue weighted by Gasteiger charge is 2.26. The molecule has 0 radical (unpaired) electrons. The Balaban J connectivity index is 1.48. The van der Waals surface area contributed by atoms with Gasteiger partial charge < -0.3 is 10.2 Å². The largest absolute Gasteiger partial charge is 0.349 e. The molecule has 3 aromatic heterocycles. The van der Waals surface area contributed by atoms with Crippen LogP contribution in [0.25, 0.3) is 16.7 Å². The van der Waals surface area contributed by atoms with E-state index in [1.165, 1.54) is 11.1 Å². The number of fused-ring (bicyclic) bond motifs is 2. The molecule has 0 saturated heterocycles. The molecule has 192 valence electrons. The first kappa shape index (κ1) is 24.7. The normalized spacial score (nSPS) is 15.1. The quantitative estimate of drug-likeness (QED) is 0.430. The van der Waals surface area contributed by atoms with E-state index >= 15 is 0 Å². The Labute approximate surface area is 216 Å². The van der Waals surface area contributed by atoms with Crippen LogP contribution in [0.3, 0.4) is 0 Å². The van der Waals surface area contributed by atoms with Crippen LogP contribution in [0.5, 0.6) is 0 Å². The van der Waals surface area contributed by atoms with E-state index in [1.807, 2.05) is 43.9 Å². The van der Waals surface area contributed by atoms with Gasteiger partial charge in [-0.3, -0.25) is 14.6 Å². The topological polar surface area (TPSA) is 97.9 Å². The van der Waals surface area contributed by atoms with Crippen molar-refractivity contribution in [1.29, 1.82) is 0 Å². The SMILES string of the molecule is CCn1c(=O)c2cnc(Nc3ccc4c(c3)CCC(C(=O)N(C)C)C4)nc2n1-c1ccnc(C(C)C)c1. The predicted octanol–water partition coefficient (Wildman–Crippen LogP) is 4.06. The second-order valence-corrected chi connectivity index (χ2v) is 10.1. The number of rotatable bonds is 6. The van der Waals surface area contributed by atoms with Crippen molar-refractivity contribution in [3.05, 3.63) is 69.9 Å². The third-order valence-corrected chi connectivity index (χ3v) is 7.06. The number of nitrogens with one attached hydrogen (secondary N) is 1. The molecule has 0 aliphatic heterocycles. The minimum Gasteiger partial charge on any atom is -0.349 e. The van der Waals surface area contributed by atoms with E-state index in [4.69, 9.17) is 4.98 Å². The minimum absolute atomic E-state index is 0.0378. The summed E-state index contributed by atoms with van der Waals surface area (Å²) in [6.45, 7) is 6.63. The summed E-state index contributed by atoms with van der Waals surface area (Å²) in [4.78, 5) is 40.9. The van der Waals surface area contributed by atoms with E-state index in [2.05, 4.69) is 41.3 Å². The number of anilines is 2. The molecule has 37 heavy (non-hydrogen) atoms. The molecule has 9 nitrogen and oxygen atoms in total. The van der Waals surface area contributed by atoms with Crippen LogP contribution in [0.15, 0.2) is 47.5 Å². The van der Waals surface area contributed by atoms with E-state index < -0.39 is 0 Å². The van der Waals surface area contributed by atoms with Gasteiger partial charge in [0.15, 0.2) is 5.65 Å². The number of carbonyl (C=O) groups is 1. The standard InChI is InChI=1S/C28H33N7O2/c1-6-34-27(37)23-16-30-28(32-25(23)35(34)22-11-12-29-24(15-22)17(2)3)31-21-10-9-18-13-20(26(36)33(4)5)8-7-19(18)14-21/h9-12,14-17,20H,6-8,13H2,1-5H3,(H,30,31,32). The molecular formula is C28H33N7O2. The maximum Gasteiger partial charge on any atom is 0.278 e. The Morgan fingerprint density at radius 3 is 2.70 bits per heavy atom. The minimum atomic E-state index is -0.123. The lowest BCUT2D eigenvalue weighted by molar-refractivity contribution is -0.133. The number of nitrogens with zero attached hydrogens (tertiary/aromatic N) is 6. The van der Waals surface area contributed by atoms with Gasteiger partial charge in [-0.1, -0.05) is 19.9 Å². The molecule has 1 atom stereocenters. The molecule has 0 fully saturated rings. The molecule has 9 heteroatoms. The van der Waals surface area contributed by atoms with E-state index in [9.17, 15) is 9.59 Å². The summed E-state index contributed by atoms with van der Waals surface area (Å²) >= 11 is 0. The summed E-state index contributed by atoms with van der Waals surface area (Å²) in [6.07, 6.45) is 5.82. The first-order valence-electron chi connectivity index (χ1n) is 12.8. The number of aryl methyl sites for hydroxylation is 1. The first-order chi connectivity index (χ1) is 17.8. The molecule has 0 saturated carbocycles. The summed E-state index contributed by atoms with van der Waals surface area (Å²) in [7, 11) is 3.63. The van der Waals surface area contributed by atoms with Gasteiger partial charge in [0.1, 0.15) is 5.39 Å². The molecule has 1 aliphatic carbocycles. The number of benzene rings is 1. The summed E-state index contributed by atoms with van der Waals surface area (Å²) in [6, 6.07) is 10.1. The van der Waals surface area contributed by atoms with Crippen LogP contribution in [0, 0.1) is 5.92 Å². The van der Waals surface area contributed by atoms with Crippen LogP contribution in [0.2, 0.25) is 0 Å². The van der Waals surface area contributed by atoms with Crippen LogP contribution in [-0.2, 0) is 24.2 Å². The van der Waals surface area contributed by atoms with Crippen molar-refractivity contribution in [2.75, 3.05) is 19.4 Å². The average molecular weight is 500 g/mol. The molecule has 4 aromatic rings. The van der Waals surface area contributed by atoms with Crippen molar-refractivity contribution in [3.8, 4) is 5.69 Å². The number of aromatic nitrogens is 5. The fraction of sp³-hybridized carbons (Fsp3) is 0.393. The molecule has 1 unspecified atom stereocenters. The lowest BCUT2D eigenvalue weighted by atomic mass is 9.83. The predicted molar refractivity (Wildman–Crippen MR) is 145 cm³/mol. The van der Waals surface area contributed by atoms with Crippen molar-refractivity contribution < 1.29 is 4.79 Å². The van der Waals surface area contributed by atoms with Crippen molar-refractivity contribution in [2.24, 2.45) is 5.92 Å². The summed E-state index contributed by atoms with van der Waals surface area (Å²) < 4.78 is 3.53. The second-order valence-electron chi connectivity index (χ2n) is 10.1. The van der Waals surface area contributed by atoms with E-state index in [0.717, 1.165) is 36.3 Å². The number of carbonyl (C=O) groups excluding carboxylic acids is 1.